The summed E-state index contributed by atoms with van der Waals surface area (Å²) in [5, 5.41) is 14.6. The topological polar surface area (TPSA) is 97.8 Å². The van der Waals surface area contributed by atoms with Gasteiger partial charge in [-0.25, -0.2) is 0 Å². The van der Waals surface area contributed by atoms with Crippen LogP contribution in [0.15, 0.2) is 71.3 Å². The highest BCUT2D eigenvalue weighted by Crippen LogP contribution is 2.29. The molecular weight excluding hydrogens is 374 g/mol. The number of furan rings is 1. The third-order valence-electron chi connectivity index (χ3n) is 4.27. The van der Waals surface area contributed by atoms with Gasteiger partial charge in [0, 0.05) is 31.0 Å². The molecule has 8 heteroatoms. The lowest BCUT2D eigenvalue weighted by molar-refractivity contribution is -0.383. The first-order valence-electron chi connectivity index (χ1n) is 8.99. The van der Waals surface area contributed by atoms with E-state index in [-0.39, 0.29) is 23.7 Å². The van der Waals surface area contributed by atoms with Crippen LogP contribution < -0.4 is 5.32 Å². The van der Waals surface area contributed by atoms with E-state index in [2.05, 4.69) is 5.32 Å². The van der Waals surface area contributed by atoms with E-state index in [1.54, 1.807) is 43.5 Å². The van der Waals surface area contributed by atoms with Gasteiger partial charge in [-0.2, -0.15) is 0 Å². The Morgan fingerprint density at radius 1 is 1.17 bits per heavy atom. The standard InChI is InChI=1S/C21H21N3O5/c1-28-13-11-23(15-18-8-5-12-29-18)21(25)16-9-10-19(20(14-16)24(26)27)22-17-6-3-2-4-7-17/h2-10,12,14,22H,11,13,15H2,1H3. The maximum atomic E-state index is 13.0. The lowest BCUT2D eigenvalue weighted by Crippen LogP contribution is -2.33. The predicted octanol–water partition coefficient (Wildman–Crippen LogP) is 4.22. The number of nitro benzene ring substituents is 1. The molecule has 0 atom stereocenters. The zero-order valence-corrected chi connectivity index (χ0v) is 15.9. The number of nitrogens with zero attached hydrogens (tertiary/aromatic N) is 2. The Labute approximate surface area is 167 Å². The second kappa shape index (κ2) is 9.52. The molecule has 0 aliphatic carbocycles. The molecule has 3 rings (SSSR count). The first-order chi connectivity index (χ1) is 14.1. The number of methoxy groups -OCH3 is 1. The van der Waals surface area contributed by atoms with Crippen LogP contribution in [0, 0.1) is 10.1 Å². The van der Waals surface area contributed by atoms with E-state index < -0.39 is 4.92 Å². The van der Waals surface area contributed by atoms with Crippen molar-refractivity contribution in [2.75, 3.05) is 25.6 Å². The van der Waals surface area contributed by atoms with Crippen LogP contribution in [0.2, 0.25) is 0 Å². The quantitative estimate of drug-likeness (QED) is 0.430. The zero-order valence-electron chi connectivity index (χ0n) is 15.9. The largest absolute Gasteiger partial charge is 0.467 e. The number of rotatable bonds is 9. The number of ether oxygens (including phenoxy) is 1. The second-order valence-electron chi connectivity index (χ2n) is 6.28. The minimum atomic E-state index is -0.506. The van der Waals surface area contributed by atoms with E-state index in [1.165, 1.54) is 17.2 Å². The monoisotopic (exact) mass is 395 g/mol. The number of carbonyl (C=O) groups excluding carboxylic acids is 1. The molecule has 1 amide bonds. The van der Waals surface area contributed by atoms with Crippen LogP contribution in [0.25, 0.3) is 0 Å². The van der Waals surface area contributed by atoms with Gasteiger partial charge in [-0.05, 0) is 36.4 Å². The molecule has 0 unspecified atom stereocenters. The lowest BCUT2D eigenvalue weighted by Gasteiger charge is -2.21. The van der Waals surface area contributed by atoms with E-state index in [0.29, 0.717) is 30.3 Å². The molecule has 1 heterocycles. The summed E-state index contributed by atoms with van der Waals surface area (Å²) < 4.78 is 10.4. The van der Waals surface area contributed by atoms with Crippen LogP contribution in [0.3, 0.4) is 0 Å². The highest BCUT2D eigenvalue weighted by Gasteiger charge is 2.22. The van der Waals surface area contributed by atoms with Crippen LogP contribution in [0.4, 0.5) is 17.1 Å². The molecule has 3 aromatic rings. The van der Waals surface area contributed by atoms with Crippen molar-refractivity contribution >= 4 is 23.0 Å². The molecule has 1 aromatic heterocycles. The summed E-state index contributed by atoms with van der Waals surface area (Å²) in [6, 6.07) is 17.0. The lowest BCUT2D eigenvalue weighted by atomic mass is 10.1. The Morgan fingerprint density at radius 2 is 1.97 bits per heavy atom. The van der Waals surface area contributed by atoms with Gasteiger partial charge in [0.2, 0.25) is 0 Å². The minimum absolute atomic E-state index is 0.176. The minimum Gasteiger partial charge on any atom is -0.467 e. The fourth-order valence-corrected chi connectivity index (χ4v) is 2.83. The van der Waals surface area contributed by atoms with Crippen LogP contribution in [0.5, 0.6) is 0 Å². The summed E-state index contributed by atoms with van der Waals surface area (Å²) >= 11 is 0. The van der Waals surface area contributed by atoms with Gasteiger partial charge in [0.1, 0.15) is 11.4 Å². The molecule has 0 aliphatic heterocycles. The van der Waals surface area contributed by atoms with Crippen LogP contribution >= 0.6 is 0 Å². The second-order valence-corrected chi connectivity index (χ2v) is 6.28. The van der Waals surface area contributed by atoms with Crippen molar-refractivity contribution in [2.45, 2.75) is 6.54 Å². The van der Waals surface area contributed by atoms with Gasteiger partial charge >= 0.3 is 0 Å². The molecule has 0 saturated heterocycles. The molecule has 8 nitrogen and oxygen atoms in total. The van der Waals surface area contributed by atoms with Crippen molar-refractivity contribution in [3.63, 3.8) is 0 Å². The van der Waals surface area contributed by atoms with Gasteiger partial charge in [0.25, 0.3) is 11.6 Å². The first kappa shape index (κ1) is 20.1. The van der Waals surface area contributed by atoms with Crippen LogP contribution in [-0.4, -0.2) is 36.0 Å². The molecule has 0 aliphatic rings. The van der Waals surface area contributed by atoms with Crippen molar-refractivity contribution in [1.29, 1.82) is 0 Å². The van der Waals surface area contributed by atoms with E-state index in [1.807, 2.05) is 18.2 Å². The smallest absolute Gasteiger partial charge is 0.293 e. The third kappa shape index (κ3) is 5.20. The summed E-state index contributed by atoms with van der Waals surface area (Å²) in [5.41, 5.74) is 1.07. The van der Waals surface area contributed by atoms with Crippen molar-refractivity contribution < 1.29 is 18.9 Å². The summed E-state index contributed by atoms with van der Waals surface area (Å²) in [6.07, 6.45) is 1.53. The van der Waals surface area contributed by atoms with Crippen molar-refractivity contribution in [2.24, 2.45) is 0 Å². The zero-order chi connectivity index (χ0) is 20.6. The van der Waals surface area contributed by atoms with Crippen LogP contribution in [-0.2, 0) is 11.3 Å². The molecule has 0 bridgehead atoms. The van der Waals surface area contributed by atoms with E-state index in [0.717, 1.165) is 0 Å². The summed E-state index contributed by atoms with van der Waals surface area (Å²) in [5.74, 6) is 0.277. The summed E-state index contributed by atoms with van der Waals surface area (Å²) in [6.45, 7) is 0.906. The van der Waals surface area contributed by atoms with Gasteiger partial charge in [-0.3, -0.25) is 14.9 Å². The van der Waals surface area contributed by atoms with Crippen molar-refractivity contribution in [3.8, 4) is 0 Å². The highest BCUT2D eigenvalue weighted by atomic mass is 16.6. The maximum absolute atomic E-state index is 13.0. The molecule has 0 saturated carbocycles. The molecule has 29 heavy (non-hydrogen) atoms. The Balaban J connectivity index is 1.86. The normalized spacial score (nSPS) is 10.5. The summed E-state index contributed by atoms with van der Waals surface area (Å²) in [4.78, 5) is 25.6. The number of para-hydroxylation sites is 1. The summed E-state index contributed by atoms with van der Waals surface area (Å²) in [7, 11) is 1.55. The third-order valence-corrected chi connectivity index (χ3v) is 4.27. The van der Waals surface area contributed by atoms with Crippen molar-refractivity contribution in [1.82, 2.24) is 4.90 Å². The number of anilines is 2. The molecule has 0 spiro atoms. The number of amides is 1. The van der Waals surface area contributed by atoms with E-state index in [9.17, 15) is 14.9 Å². The molecule has 0 radical (unpaired) electrons. The number of carbonyl (C=O) groups is 1. The Hall–Kier alpha value is -3.65. The number of nitrogens with one attached hydrogen (secondary N) is 1. The number of nitro groups is 1. The van der Waals surface area contributed by atoms with Gasteiger partial charge in [-0.1, -0.05) is 18.2 Å². The number of hydrogen-bond acceptors (Lipinski definition) is 6. The van der Waals surface area contributed by atoms with E-state index in [4.69, 9.17) is 9.15 Å². The fraction of sp³-hybridized carbons (Fsp3) is 0.190. The number of benzene rings is 2. The fourth-order valence-electron chi connectivity index (χ4n) is 2.83. The molecule has 150 valence electrons. The van der Waals surface area contributed by atoms with Gasteiger partial charge in [0.15, 0.2) is 0 Å². The number of hydrogen-bond donors (Lipinski definition) is 1. The SMILES string of the molecule is COCCN(Cc1ccco1)C(=O)c1ccc(Nc2ccccc2)c([N+](=O)[O-])c1. The van der Waals surface area contributed by atoms with Crippen molar-refractivity contribution in [3.05, 3.63) is 88.4 Å². The highest BCUT2D eigenvalue weighted by molar-refractivity contribution is 5.96. The predicted molar refractivity (Wildman–Crippen MR) is 108 cm³/mol. The Bertz CT molecular complexity index is 958. The van der Waals surface area contributed by atoms with Crippen LogP contribution in [0.1, 0.15) is 16.1 Å². The molecule has 1 N–H and O–H groups in total. The Kier molecular flexibility index (Phi) is 6.59. The maximum Gasteiger partial charge on any atom is 0.293 e. The molecular formula is C21H21N3O5. The molecule has 0 fully saturated rings. The molecule has 2 aromatic carbocycles. The van der Waals surface area contributed by atoms with Gasteiger partial charge < -0.3 is 19.4 Å². The average Bonchev–Trinajstić information content (AvgIpc) is 3.24. The van der Waals surface area contributed by atoms with Gasteiger partial charge in [-0.15, -0.1) is 0 Å². The Morgan fingerprint density at radius 3 is 2.62 bits per heavy atom. The first-order valence-corrected chi connectivity index (χ1v) is 8.99. The van der Waals surface area contributed by atoms with Gasteiger partial charge in [0.05, 0.1) is 24.3 Å². The average molecular weight is 395 g/mol. The van der Waals surface area contributed by atoms with E-state index >= 15 is 0 Å².